The molecule has 21 heavy (non-hydrogen) atoms. The Balaban J connectivity index is 1.86. The summed E-state index contributed by atoms with van der Waals surface area (Å²) >= 11 is 0. The van der Waals surface area contributed by atoms with E-state index in [0.717, 1.165) is 10.8 Å². The first kappa shape index (κ1) is 12.9. The lowest BCUT2D eigenvalue weighted by Crippen LogP contribution is -2.18. The topological polar surface area (TPSA) is 90.4 Å². The second kappa shape index (κ2) is 5.46. The Kier molecular flexibility index (Phi) is 3.34. The number of nitrogens with zero attached hydrogens (tertiary/aromatic N) is 2. The fourth-order valence-electron chi connectivity index (χ4n) is 2.02. The van der Waals surface area contributed by atoms with Crippen LogP contribution in [-0.2, 0) is 0 Å². The summed E-state index contributed by atoms with van der Waals surface area (Å²) in [6, 6.07) is 12.6. The predicted molar refractivity (Wildman–Crippen MR) is 79.3 cm³/mol. The molecule has 6 nitrogen and oxygen atoms in total. The van der Waals surface area contributed by atoms with Gasteiger partial charge in [-0.05, 0) is 22.9 Å². The number of aromatic hydroxyl groups is 1. The summed E-state index contributed by atoms with van der Waals surface area (Å²) in [5.41, 5.74) is 3.24. The van der Waals surface area contributed by atoms with Gasteiger partial charge < -0.3 is 5.11 Å². The number of hydrogen-bond acceptors (Lipinski definition) is 4. The van der Waals surface area contributed by atoms with Crippen LogP contribution in [-0.4, -0.2) is 27.4 Å². The average Bonchev–Trinajstić information content (AvgIpc) is 3.04. The van der Waals surface area contributed by atoms with Crippen molar-refractivity contribution < 1.29 is 9.90 Å². The van der Waals surface area contributed by atoms with Crippen LogP contribution in [0.15, 0.2) is 53.8 Å². The molecular weight excluding hydrogens is 268 g/mol. The maximum Gasteiger partial charge on any atom is 0.289 e. The molecule has 3 N–H and O–H groups in total. The number of benzene rings is 2. The maximum atomic E-state index is 11.7. The molecule has 0 unspecified atom stereocenters. The SMILES string of the molecule is O=C(N/N=C\c1c(O)ccc2ccccc12)c1ccn[nH]1. The van der Waals surface area contributed by atoms with Gasteiger partial charge in [0.15, 0.2) is 0 Å². The molecule has 0 radical (unpaired) electrons. The summed E-state index contributed by atoms with van der Waals surface area (Å²) in [6.07, 6.45) is 2.90. The van der Waals surface area contributed by atoms with E-state index in [4.69, 9.17) is 0 Å². The van der Waals surface area contributed by atoms with Gasteiger partial charge in [-0.2, -0.15) is 10.2 Å². The smallest absolute Gasteiger partial charge is 0.289 e. The van der Waals surface area contributed by atoms with Crippen LogP contribution in [0.25, 0.3) is 10.8 Å². The molecule has 0 spiro atoms. The Labute approximate surface area is 120 Å². The largest absolute Gasteiger partial charge is 0.507 e. The van der Waals surface area contributed by atoms with E-state index in [1.54, 1.807) is 12.1 Å². The number of carbonyl (C=O) groups excluding carboxylic acids is 1. The van der Waals surface area contributed by atoms with E-state index < -0.39 is 5.91 Å². The third-order valence-corrected chi connectivity index (χ3v) is 3.05. The minimum absolute atomic E-state index is 0.105. The number of hydrazone groups is 1. The van der Waals surface area contributed by atoms with Gasteiger partial charge in [0.05, 0.1) is 6.21 Å². The Bertz CT molecular complexity index is 810. The third-order valence-electron chi connectivity index (χ3n) is 3.05. The average molecular weight is 280 g/mol. The van der Waals surface area contributed by atoms with Gasteiger partial charge >= 0.3 is 0 Å². The van der Waals surface area contributed by atoms with Crippen LogP contribution in [0.4, 0.5) is 0 Å². The number of hydrogen-bond donors (Lipinski definition) is 3. The van der Waals surface area contributed by atoms with Gasteiger partial charge in [-0.1, -0.05) is 30.3 Å². The summed E-state index contributed by atoms with van der Waals surface area (Å²) in [4.78, 5) is 11.7. The molecule has 3 rings (SSSR count). The van der Waals surface area contributed by atoms with E-state index in [1.165, 1.54) is 12.4 Å². The molecule has 0 fully saturated rings. The second-order valence-corrected chi connectivity index (χ2v) is 4.39. The van der Waals surface area contributed by atoms with Gasteiger partial charge in [0.2, 0.25) is 0 Å². The Morgan fingerprint density at radius 3 is 2.90 bits per heavy atom. The van der Waals surface area contributed by atoms with Crippen molar-refractivity contribution in [2.24, 2.45) is 5.10 Å². The quantitative estimate of drug-likeness (QED) is 0.506. The highest BCUT2D eigenvalue weighted by Crippen LogP contribution is 2.25. The van der Waals surface area contributed by atoms with Crippen LogP contribution >= 0.6 is 0 Å². The van der Waals surface area contributed by atoms with Crippen LogP contribution in [0.1, 0.15) is 16.1 Å². The zero-order valence-electron chi connectivity index (χ0n) is 10.9. The molecule has 0 atom stereocenters. The van der Waals surface area contributed by atoms with Gasteiger partial charge in [-0.25, -0.2) is 5.43 Å². The number of amides is 1. The van der Waals surface area contributed by atoms with Gasteiger partial charge in [0.25, 0.3) is 5.91 Å². The molecule has 2 aromatic carbocycles. The van der Waals surface area contributed by atoms with Gasteiger partial charge in [0.1, 0.15) is 11.4 Å². The first-order chi connectivity index (χ1) is 10.3. The first-order valence-electron chi connectivity index (χ1n) is 6.29. The van der Waals surface area contributed by atoms with E-state index in [0.29, 0.717) is 11.3 Å². The molecule has 0 aliphatic heterocycles. The summed E-state index contributed by atoms with van der Waals surface area (Å²) in [5, 5.41) is 21.9. The van der Waals surface area contributed by atoms with E-state index in [1.807, 2.05) is 30.3 Å². The van der Waals surface area contributed by atoms with Gasteiger partial charge in [-0.15, -0.1) is 0 Å². The van der Waals surface area contributed by atoms with Gasteiger partial charge in [0, 0.05) is 11.8 Å². The number of nitrogens with one attached hydrogen (secondary N) is 2. The van der Waals surface area contributed by atoms with Crippen molar-refractivity contribution in [3.8, 4) is 5.75 Å². The lowest BCUT2D eigenvalue weighted by atomic mass is 10.0. The number of phenolic OH excluding ortho intramolecular Hbond substituents is 1. The Morgan fingerprint density at radius 1 is 1.24 bits per heavy atom. The minimum Gasteiger partial charge on any atom is -0.507 e. The Morgan fingerprint density at radius 2 is 2.10 bits per heavy atom. The fourth-order valence-corrected chi connectivity index (χ4v) is 2.02. The highest BCUT2D eigenvalue weighted by atomic mass is 16.3. The van der Waals surface area contributed by atoms with Crippen LogP contribution in [0.5, 0.6) is 5.75 Å². The molecule has 1 amide bonds. The zero-order chi connectivity index (χ0) is 14.7. The molecule has 0 aliphatic carbocycles. The van der Waals surface area contributed by atoms with Crippen LogP contribution in [0.3, 0.4) is 0 Å². The van der Waals surface area contributed by atoms with Crippen LogP contribution in [0, 0.1) is 0 Å². The number of phenols is 1. The summed E-state index contributed by atoms with van der Waals surface area (Å²) in [5.74, 6) is -0.295. The van der Waals surface area contributed by atoms with Crippen molar-refractivity contribution in [2.45, 2.75) is 0 Å². The van der Waals surface area contributed by atoms with E-state index in [9.17, 15) is 9.90 Å². The summed E-state index contributed by atoms with van der Waals surface area (Å²) in [7, 11) is 0. The van der Waals surface area contributed by atoms with Crippen molar-refractivity contribution >= 4 is 22.9 Å². The zero-order valence-corrected chi connectivity index (χ0v) is 10.9. The highest BCUT2D eigenvalue weighted by molar-refractivity contribution is 6.02. The fraction of sp³-hybridized carbons (Fsp3) is 0. The van der Waals surface area contributed by atoms with E-state index >= 15 is 0 Å². The number of carbonyl (C=O) groups is 1. The monoisotopic (exact) mass is 280 g/mol. The number of aromatic amines is 1. The standard InChI is InChI=1S/C15H12N4O2/c20-14-6-5-10-3-1-2-4-11(10)12(14)9-17-19-15(21)13-7-8-16-18-13/h1-9,20H,(H,16,18)(H,19,21)/b17-9-. The third kappa shape index (κ3) is 2.59. The summed E-state index contributed by atoms with van der Waals surface area (Å²) < 4.78 is 0. The van der Waals surface area contributed by atoms with Gasteiger partial charge in [-0.3, -0.25) is 9.89 Å². The molecule has 0 aliphatic rings. The molecule has 104 valence electrons. The summed E-state index contributed by atoms with van der Waals surface area (Å²) in [6.45, 7) is 0. The van der Waals surface area contributed by atoms with Crippen molar-refractivity contribution in [3.63, 3.8) is 0 Å². The molecule has 0 saturated carbocycles. The van der Waals surface area contributed by atoms with Crippen molar-refractivity contribution in [3.05, 3.63) is 59.9 Å². The normalized spacial score (nSPS) is 11.0. The molecule has 1 aromatic heterocycles. The first-order valence-corrected chi connectivity index (χ1v) is 6.29. The minimum atomic E-state index is -0.400. The molecule has 1 heterocycles. The maximum absolute atomic E-state index is 11.7. The van der Waals surface area contributed by atoms with E-state index in [2.05, 4.69) is 20.7 Å². The van der Waals surface area contributed by atoms with E-state index in [-0.39, 0.29) is 5.75 Å². The van der Waals surface area contributed by atoms with Crippen LogP contribution in [0.2, 0.25) is 0 Å². The molecule has 0 bridgehead atoms. The highest BCUT2D eigenvalue weighted by Gasteiger charge is 2.06. The predicted octanol–water partition coefficient (Wildman–Crippen LogP) is 2.03. The Hall–Kier alpha value is -3.15. The molecule has 3 aromatic rings. The van der Waals surface area contributed by atoms with Crippen molar-refractivity contribution in [2.75, 3.05) is 0 Å². The molecular formula is C15H12N4O2. The number of fused-ring (bicyclic) bond motifs is 1. The lowest BCUT2D eigenvalue weighted by Gasteiger charge is -2.04. The number of aromatic nitrogens is 2. The molecule has 6 heteroatoms. The van der Waals surface area contributed by atoms with Crippen LogP contribution < -0.4 is 5.43 Å². The van der Waals surface area contributed by atoms with Crippen molar-refractivity contribution in [1.82, 2.24) is 15.6 Å². The number of rotatable bonds is 3. The lowest BCUT2D eigenvalue weighted by molar-refractivity contribution is 0.0950. The second-order valence-electron chi connectivity index (χ2n) is 4.39. The van der Waals surface area contributed by atoms with Crippen molar-refractivity contribution in [1.29, 1.82) is 0 Å². The number of H-pyrrole nitrogens is 1. The molecule has 0 saturated heterocycles.